The van der Waals surface area contributed by atoms with Crippen molar-refractivity contribution in [2.24, 2.45) is 17.3 Å². The molecular formula is C18H26F4O5S. The van der Waals surface area contributed by atoms with Gasteiger partial charge < -0.3 is 9.84 Å². The molecule has 0 spiro atoms. The monoisotopic (exact) mass is 430 g/mol. The zero-order valence-corrected chi connectivity index (χ0v) is 16.4. The van der Waals surface area contributed by atoms with E-state index in [-0.39, 0.29) is 24.9 Å². The van der Waals surface area contributed by atoms with E-state index in [0.717, 1.165) is 32.1 Å². The number of alkyl halides is 4. The van der Waals surface area contributed by atoms with Crippen molar-refractivity contribution in [3.63, 3.8) is 0 Å². The Morgan fingerprint density at radius 2 is 1.68 bits per heavy atom. The van der Waals surface area contributed by atoms with Crippen molar-refractivity contribution in [3.05, 3.63) is 0 Å². The molecule has 4 aliphatic rings. The average molecular weight is 430 g/mol. The lowest BCUT2D eigenvalue weighted by Gasteiger charge is -2.60. The quantitative estimate of drug-likeness (QED) is 0.254. The highest BCUT2D eigenvalue weighted by Crippen LogP contribution is 2.62. The van der Waals surface area contributed by atoms with Crippen LogP contribution in [0.2, 0.25) is 0 Å². The number of carbonyl (C=O) groups excluding carboxylic acids is 1. The van der Waals surface area contributed by atoms with E-state index in [1.807, 2.05) is 0 Å². The molecule has 0 amide bonds. The van der Waals surface area contributed by atoms with Crippen molar-refractivity contribution in [3.8, 4) is 0 Å². The lowest BCUT2D eigenvalue weighted by molar-refractivity contribution is -0.177. The molecule has 0 aromatic carbocycles. The van der Waals surface area contributed by atoms with Crippen molar-refractivity contribution in [2.75, 3.05) is 6.61 Å². The summed E-state index contributed by atoms with van der Waals surface area (Å²) in [6.07, 6.45) is 3.43. The van der Waals surface area contributed by atoms with Crippen molar-refractivity contribution >= 4 is 16.7 Å². The van der Waals surface area contributed by atoms with Crippen LogP contribution in [0.4, 0.5) is 17.6 Å². The van der Waals surface area contributed by atoms with Crippen LogP contribution >= 0.6 is 0 Å². The zero-order valence-electron chi connectivity index (χ0n) is 15.5. The van der Waals surface area contributed by atoms with Gasteiger partial charge in [0.1, 0.15) is 0 Å². The number of esters is 1. The molecule has 4 fully saturated rings. The van der Waals surface area contributed by atoms with Gasteiger partial charge in [-0.05, 0) is 68.6 Å². The highest BCUT2D eigenvalue weighted by atomic mass is 32.2. The Morgan fingerprint density at radius 3 is 2.21 bits per heavy atom. The van der Waals surface area contributed by atoms with E-state index in [1.165, 1.54) is 0 Å². The van der Waals surface area contributed by atoms with Crippen molar-refractivity contribution < 1.29 is 40.6 Å². The number of aliphatic hydroxyl groups is 1. The Kier molecular flexibility index (Phi) is 5.77. The largest absolute Gasteiger partial charge is 0.466 e. The number of rotatable bonds is 9. The van der Waals surface area contributed by atoms with Crippen molar-refractivity contribution in [1.82, 2.24) is 0 Å². The van der Waals surface area contributed by atoms with Crippen LogP contribution in [0.3, 0.4) is 0 Å². The fraction of sp³-hybridized carbons (Fsp3) is 0.944. The first-order chi connectivity index (χ1) is 12.9. The Hall–Kier alpha value is -0.900. The minimum Gasteiger partial charge on any atom is -0.466 e. The Balaban J connectivity index is 1.41. The highest BCUT2D eigenvalue weighted by Gasteiger charge is 2.59. The van der Waals surface area contributed by atoms with Gasteiger partial charge in [0.25, 0.3) is 0 Å². The van der Waals surface area contributed by atoms with Crippen LogP contribution in [0.1, 0.15) is 64.2 Å². The molecule has 0 saturated heterocycles. The van der Waals surface area contributed by atoms with Crippen LogP contribution in [-0.2, 0) is 20.2 Å². The van der Waals surface area contributed by atoms with E-state index in [9.17, 15) is 35.9 Å². The summed E-state index contributed by atoms with van der Waals surface area (Å²) in [5, 5.41) is 5.59. The molecule has 4 saturated carbocycles. The summed E-state index contributed by atoms with van der Waals surface area (Å²) in [5.41, 5.74) is -0.950. The number of hydrogen-bond acceptors (Lipinski definition) is 5. The predicted octanol–water partition coefficient (Wildman–Crippen LogP) is 3.26. The number of unbranched alkanes of at least 4 members (excludes halogenated alkanes) is 1. The minimum absolute atomic E-state index is 0.0603. The van der Waals surface area contributed by atoms with Gasteiger partial charge in [-0.25, -0.2) is 8.42 Å². The number of ether oxygens (including phenoxy) is 1. The molecule has 10 heteroatoms. The van der Waals surface area contributed by atoms with Crippen LogP contribution in [0.15, 0.2) is 0 Å². The SMILES string of the molecule is O=C(CC12CC3CC(CC(O)(C3)C1)C2)OCCCCC(F)(F)C(F)(F)[SH](=O)=O. The summed E-state index contributed by atoms with van der Waals surface area (Å²) >= 11 is 0. The molecule has 2 unspecified atom stereocenters. The fourth-order valence-corrected chi connectivity index (χ4v) is 6.26. The van der Waals surface area contributed by atoms with Gasteiger partial charge in [-0.2, -0.15) is 17.6 Å². The third kappa shape index (κ3) is 4.32. The lowest BCUT2D eigenvalue weighted by atomic mass is 9.47. The van der Waals surface area contributed by atoms with Crippen LogP contribution in [-0.4, -0.2) is 42.9 Å². The van der Waals surface area contributed by atoms with Crippen LogP contribution in [0, 0.1) is 17.3 Å². The van der Waals surface area contributed by atoms with E-state index >= 15 is 0 Å². The fourth-order valence-electron chi connectivity index (χ4n) is 5.88. The van der Waals surface area contributed by atoms with Gasteiger partial charge >= 0.3 is 17.1 Å². The first-order valence-corrected chi connectivity index (χ1v) is 10.8. The molecule has 0 heterocycles. The minimum atomic E-state index is -5.09. The van der Waals surface area contributed by atoms with Gasteiger partial charge in [-0.15, -0.1) is 0 Å². The molecule has 5 nitrogen and oxygen atoms in total. The third-order valence-electron chi connectivity index (χ3n) is 6.49. The van der Waals surface area contributed by atoms with Crippen LogP contribution in [0.5, 0.6) is 0 Å². The van der Waals surface area contributed by atoms with E-state index in [1.54, 1.807) is 0 Å². The maximum absolute atomic E-state index is 13.3. The zero-order chi connectivity index (χ0) is 20.8. The smallest absolute Gasteiger partial charge is 0.404 e. The molecule has 2 atom stereocenters. The predicted molar refractivity (Wildman–Crippen MR) is 91.7 cm³/mol. The molecule has 4 rings (SSSR count). The summed E-state index contributed by atoms with van der Waals surface area (Å²) in [5.74, 6) is -4.27. The first kappa shape index (κ1) is 21.8. The lowest BCUT2D eigenvalue weighted by Crippen LogP contribution is -2.56. The van der Waals surface area contributed by atoms with Crippen LogP contribution < -0.4 is 0 Å². The van der Waals surface area contributed by atoms with Crippen molar-refractivity contribution in [2.45, 2.75) is 81.0 Å². The summed E-state index contributed by atoms with van der Waals surface area (Å²) in [6.45, 7) is -0.183. The molecule has 1 N–H and O–H groups in total. The van der Waals surface area contributed by atoms with Gasteiger partial charge in [0.05, 0.1) is 18.6 Å². The first-order valence-electron chi connectivity index (χ1n) is 9.65. The molecular weight excluding hydrogens is 404 g/mol. The number of carbonyl (C=O) groups is 1. The molecule has 0 aromatic heterocycles. The van der Waals surface area contributed by atoms with Gasteiger partial charge in [-0.3, -0.25) is 4.79 Å². The summed E-state index contributed by atoms with van der Waals surface area (Å²) < 4.78 is 78.2. The van der Waals surface area contributed by atoms with Crippen molar-refractivity contribution in [1.29, 1.82) is 0 Å². The topological polar surface area (TPSA) is 80.7 Å². The molecule has 0 aliphatic heterocycles. The molecule has 4 aliphatic carbocycles. The molecule has 0 aromatic rings. The van der Waals surface area contributed by atoms with E-state index in [4.69, 9.17) is 4.74 Å². The second kappa shape index (κ2) is 7.41. The maximum Gasteiger partial charge on any atom is 0.404 e. The average Bonchev–Trinajstić information content (AvgIpc) is 2.51. The third-order valence-corrected chi connectivity index (χ3v) is 7.27. The Morgan fingerprint density at radius 1 is 1.07 bits per heavy atom. The molecule has 0 radical (unpaired) electrons. The van der Waals surface area contributed by atoms with Gasteiger partial charge in [0, 0.05) is 6.42 Å². The number of hydrogen-bond donors (Lipinski definition) is 2. The van der Waals surface area contributed by atoms with Crippen LogP contribution in [0.25, 0.3) is 0 Å². The number of thiol groups is 1. The molecule has 162 valence electrons. The molecule has 4 bridgehead atoms. The standard InChI is InChI=1S/C18H26F4O5S/c19-17(20,18(21,22)28(25)26)3-1-2-4-27-14(23)10-15-6-12-5-13(7-15)9-16(24,8-12)11-15/h12-13,24,28H,1-11H2. The summed E-state index contributed by atoms with van der Waals surface area (Å²) in [4.78, 5) is 12.2. The number of halogens is 4. The molecule has 28 heavy (non-hydrogen) atoms. The highest BCUT2D eigenvalue weighted by molar-refractivity contribution is 7.73. The Bertz CT molecular complexity index is 671. The second-order valence-electron chi connectivity index (χ2n) is 9.04. The van der Waals surface area contributed by atoms with E-state index in [0.29, 0.717) is 18.3 Å². The van der Waals surface area contributed by atoms with Gasteiger partial charge in [0.2, 0.25) is 10.7 Å². The van der Waals surface area contributed by atoms with Gasteiger partial charge in [-0.1, -0.05) is 0 Å². The summed E-state index contributed by atoms with van der Waals surface area (Å²) in [7, 11) is -4.58. The Labute approximate surface area is 162 Å². The van der Waals surface area contributed by atoms with Gasteiger partial charge in [0.15, 0.2) is 0 Å². The summed E-state index contributed by atoms with van der Waals surface area (Å²) in [6, 6.07) is 0. The maximum atomic E-state index is 13.3. The van der Waals surface area contributed by atoms with E-state index < -0.39 is 46.3 Å². The second-order valence-corrected chi connectivity index (χ2v) is 10.1. The normalized spacial score (nSPS) is 34.8. The van der Waals surface area contributed by atoms with E-state index in [2.05, 4.69) is 0 Å².